The van der Waals surface area contributed by atoms with E-state index in [4.69, 9.17) is 26.6 Å². The molecule has 0 bridgehead atoms. The maximum absolute atomic E-state index is 13.3. The molecule has 0 fully saturated rings. The number of hydrogen-bond acceptors (Lipinski definition) is 11. The largest absolute Gasteiger partial charge is 0.478 e. The number of para-hydroxylation sites is 1. The summed E-state index contributed by atoms with van der Waals surface area (Å²) in [6.07, 6.45) is 5.78. The van der Waals surface area contributed by atoms with Crippen LogP contribution in [0.25, 0.3) is 16.8 Å². The van der Waals surface area contributed by atoms with Gasteiger partial charge in [-0.15, -0.1) is 0 Å². The number of rotatable bonds is 24. The van der Waals surface area contributed by atoms with Gasteiger partial charge in [-0.1, -0.05) is 163 Å². The number of esters is 1. The topological polar surface area (TPSA) is 261 Å². The van der Waals surface area contributed by atoms with Crippen molar-refractivity contribution in [2.75, 3.05) is 34.1 Å². The van der Waals surface area contributed by atoms with Gasteiger partial charge in [0.25, 0.3) is 0 Å². The van der Waals surface area contributed by atoms with Gasteiger partial charge < -0.3 is 41.0 Å². The Morgan fingerprint density at radius 2 is 0.971 bits per heavy atom. The van der Waals surface area contributed by atoms with Gasteiger partial charge in [-0.25, -0.2) is 22.8 Å². The summed E-state index contributed by atoms with van der Waals surface area (Å²) in [6, 6.07) is 79.9. The van der Waals surface area contributed by atoms with Gasteiger partial charge in [-0.05, 0) is 218 Å². The van der Waals surface area contributed by atoms with Crippen LogP contribution in [-0.2, 0) is 46.6 Å². The Kier molecular flexibility index (Phi) is 29.1. The van der Waals surface area contributed by atoms with Crippen molar-refractivity contribution in [3.8, 4) is 11.5 Å². The Labute approximate surface area is 610 Å². The van der Waals surface area contributed by atoms with Gasteiger partial charge in [0.1, 0.15) is 11.5 Å². The zero-order valence-electron chi connectivity index (χ0n) is 57.8. The molecule has 0 aliphatic heterocycles. The molecule has 19 heteroatoms. The van der Waals surface area contributed by atoms with Crippen LogP contribution < -0.4 is 26.0 Å². The summed E-state index contributed by atoms with van der Waals surface area (Å²) in [5, 5.41) is 32.0. The highest BCUT2D eigenvalue weighted by molar-refractivity contribution is 7.91. The van der Waals surface area contributed by atoms with E-state index in [1.54, 1.807) is 74.5 Å². The first-order valence-electron chi connectivity index (χ1n) is 33.3. The molecule has 0 saturated carbocycles. The van der Waals surface area contributed by atoms with E-state index < -0.39 is 27.7 Å². The van der Waals surface area contributed by atoms with Crippen molar-refractivity contribution in [3.63, 3.8) is 0 Å². The first kappa shape index (κ1) is 77.5. The molecule has 0 radical (unpaired) electrons. The highest BCUT2D eigenvalue weighted by Gasteiger charge is 2.23. The number of ether oxygens (including phenoxy) is 2. The predicted octanol–water partition coefficient (Wildman–Crippen LogP) is 18.2. The molecule has 0 aliphatic carbocycles. The van der Waals surface area contributed by atoms with E-state index in [2.05, 4.69) is 26.0 Å². The van der Waals surface area contributed by atoms with Crippen LogP contribution in [0.5, 0.6) is 11.5 Å². The minimum atomic E-state index is -3.65. The summed E-state index contributed by atoms with van der Waals surface area (Å²) in [5.41, 5.74) is 10.0. The van der Waals surface area contributed by atoms with E-state index in [-0.39, 0.29) is 64.2 Å². The highest BCUT2D eigenvalue weighted by atomic mass is 35.5. The first-order chi connectivity index (χ1) is 50.1. The maximum atomic E-state index is 13.3. The van der Waals surface area contributed by atoms with Crippen molar-refractivity contribution in [1.82, 2.24) is 0 Å². The number of nitrogens with one attached hydrogen (secondary N) is 4. The fraction of sp³-hybridized carbons (Fsp3) is 0.141. The Hall–Kier alpha value is -12.3. The van der Waals surface area contributed by atoms with Crippen LogP contribution in [0.2, 0.25) is 5.02 Å². The van der Waals surface area contributed by atoms with E-state index >= 15 is 0 Å². The van der Waals surface area contributed by atoms with Crippen molar-refractivity contribution in [1.29, 1.82) is 0 Å². The number of hydrogen-bond donors (Lipinski definition) is 6. The van der Waals surface area contributed by atoms with E-state index in [9.17, 15) is 42.0 Å². The summed E-state index contributed by atoms with van der Waals surface area (Å²) < 4.78 is 37.1. The van der Waals surface area contributed by atoms with Gasteiger partial charge in [-0.2, -0.15) is 0 Å². The fourth-order valence-electron chi connectivity index (χ4n) is 10.6. The van der Waals surface area contributed by atoms with Gasteiger partial charge >= 0.3 is 17.9 Å². The van der Waals surface area contributed by atoms with Crippen LogP contribution in [0.15, 0.2) is 278 Å². The van der Waals surface area contributed by atoms with E-state index in [1.165, 1.54) is 66.8 Å². The summed E-state index contributed by atoms with van der Waals surface area (Å²) in [7, 11) is -2.31. The highest BCUT2D eigenvalue weighted by Crippen LogP contribution is 2.31. The molecule has 104 heavy (non-hydrogen) atoms. The molecule has 6 N–H and O–H groups in total. The second-order valence-electron chi connectivity index (χ2n) is 24.1. The molecule has 0 saturated heterocycles. The number of halogens is 1. The van der Waals surface area contributed by atoms with Crippen LogP contribution in [0, 0.1) is 20.8 Å². The van der Waals surface area contributed by atoms with Gasteiger partial charge in [0, 0.05) is 53.1 Å². The molecule has 530 valence electrons. The Bertz CT molecular complexity index is 4870. The van der Waals surface area contributed by atoms with Crippen LogP contribution in [0.4, 0.5) is 22.7 Å². The van der Waals surface area contributed by atoms with Crippen molar-refractivity contribution in [2.24, 2.45) is 0 Å². The number of aryl methyl sites for hydroxylation is 5. The molecule has 17 nitrogen and oxygen atoms in total. The number of carbonyl (C=O) groups excluding carboxylic acids is 5. The molecular formula is C85H79ClN4O13S. The van der Waals surface area contributed by atoms with Gasteiger partial charge in [0.2, 0.25) is 23.6 Å². The maximum Gasteiger partial charge on any atom is 0.338 e. The lowest BCUT2D eigenvalue weighted by Crippen LogP contribution is -2.18. The second-order valence-corrected chi connectivity index (χ2v) is 26.6. The third kappa shape index (κ3) is 25.4. The average Bonchev–Trinajstić information content (AvgIpc) is 0.829. The molecule has 4 amide bonds. The molecule has 11 aromatic carbocycles. The van der Waals surface area contributed by atoms with E-state index in [0.29, 0.717) is 64.0 Å². The van der Waals surface area contributed by atoms with Gasteiger partial charge in [0.05, 0.1) is 34.4 Å². The predicted molar refractivity (Wildman–Crippen MR) is 411 cm³/mol. The lowest BCUT2D eigenvalue weighted by atomic mass is 9.91. The summed E-state index contributed by atoms with van der Waals surface area (Å²) >= 11 is 5.81. The molecule has 1 unspecified atom stereocenters. The average molecular weight is 1430 g/mol. The number of amides is 4. The molecule has 0 aromatic heterocycles. The minimum absolute atomic E-state index is 0.0540. The number of carbonyl (C=O) groups is 7. The number of fused-ring (bicyclic) bond motifs is 1. The number of sulfone groups is 1. The molecule has 11 rings (SSSR count). The number of benzene rings is 11. The number of carboxylic acid groups (broad SMARTS) is 2. The second kappa shape index (κ2) is 39.1. The first-order valence-corrected chi connectivity index (χ1v) is 35.3. The Balaban J connectivity index is 0.000000188. The van der Waals surface area contributed by atoms with Gasteiger partial charge in [-0.3, -0.25) is 19.2 Å². The summed E-state index contributed by atoms with van der Waals surface area (Å²) in [5.74, 6) is -2.33. The Morgan fingerprint density at radius 3 is 1.52 bits per heavy atom. The van der Waals surface area contributed by atoms with Crippen molar-refractivity contribution in [2.45, 2.75) is 70.1 Å². The van der Waals surface area contributed by atoms with Crippen LogP contribution in [-0.4, -0.2) is 73.0 Å². The molecular weight excluding hydrogens is 1350 g/mol. The zero-order chi connectivity index (χ0) is 74.4. The number of aromatic carboxylic acids is 2. The quantitative estimate of drug-likeness (QED) is 0.0243. The monoisotopic (exact) mass is 1430 g/mol. The van der Waals surface area contributed by atoms with Crippen molar-refractivity contribution >= 4 is 103 Å². The number of methoxy groups -OCH3 is 1. The Morgan fingerprint density at radius 1 is 0.481 bits per heavy atom. The molecule has 0 aliphatic rings. The standard InChI is InChI=1S/C34H29NO6S.C18H16ClNO3.C17H17NO3.C16H17NO/c36-33(35-29-14-12-25(13-15-29)34(37)38)23-28(27-11-10-24-6-4-5-7-26(24)22-27)20-21-42(39,40)32-18-16-31(17-19-32)41-30-8-2-1-3-9-30;1-12-11-15(8-9-16(12)18(22)23-2)20-17(21)10-5-13-3-6-14(19)7-4-13;1-12-11-14(8-9-15(12)17(20)21)18-16(19)10-7-13-5-3-2-4-6-13;1-13-7-10-15(11-8-13)17-16(18)12-9-14-5-3-2-4-6-14/h1-19,22,28H,20-21,23H2,(H,35,36)(H,37,38);3-11H,1-2H3,(H,20,21);2-6,8-9,11H,7,10H2,1H3,(H,18,19)(H,20,21);2-8,10-11H,9,12H2,1H3,(H,17,18)/b;10-5+;;. The lowest BCUT2D eigenvalue weighted by Gasteiger charge is -2.18. The van der Waals surface area contributed by atoms with Gasteiger partial charge in [0.15, 0.2) is 9.84 Å². The SMILES string of the molecule is COC(=O)c1ccc(NC(=O)/C=C/c2ccc(Cl)cc2)cc1C.Cc1cc(NC(=O)CCc2ccccc2)ccc1C(=O)O.Cc1ccc(NC(=O)CCc2ccccc2)cc1.O=C(CC(CCS(=O)(=O)c1ccc(Oc2ccccc2)cc1)c1ccc2ccccc2c1)Nc1ccc(C(=O)O)cc1. The zero-order valence-corrected chi connectivity index (χ0v) is 59.3. The molecule has 0 heterocycles. The van der Waals surface area contributed by atoms with E-state index in [1.807, 2.05) is 177 Å². The van der Waals surface area contributed by atoms with Crippen molar-refractivity contribution in [3.05, 3.63) is 334 Å². The molecule has 0 spiro atoms. The van der Waals surface area contributed by atoms with Crippen LogP contribution in [0.1, 0.15) is 102 Å². The van der Waals surface area contributed by atoms with E-state index in [0.717, 1.165) is 45.1 Å². The lowest BCUT2D eigenvalue weighted by molar-refractivity contribution is -0.117. The normalized spacial score (nSPS) is 11.0. The third-order valence-corrected chi connectivity index (χ3v) is 18.2. The van der Waals surface area contributed by atoms with Crippen LogP contribution >= 0.6 is 11.6 Å². The fourth-order valence-corrected chi connectivity index (χ4v) is 12.1. The summed E-state index contributed by atoms with van der Waals surface area (Å²) in [4.78, 5) is 82.4. The molecule has 1 atom stereocenters. The molecule has 11 aromatic rings. The van der Waals surface area contributed by atoms with Crippen LogP contribution in [0.3, 0.4) is 0 Å². The number of anilines is 4. The minimum Gasteiger partial charge on any atom is -0.478 e. The smallest absolute Gasteiger partial charge is 0.338 e. The third-order valence-electron chi connectivity index (χ3n) is 16.2. The summed E-state index contributed by atoms with van der Waals surface area (Å²) in [6.45, 7) is 5.52. The van der Waals surface area contributed by atoms with Crippen molar-refractivity contribution < 1.29 is 61.7 Å². The number of carboxylic acids is 2.